The van der Waals surface area contributed by atoms with Gasteiger partial charge < -0.3 is 15.4 Å². The Hall–Kier alpha value is -0.610. The van der Waals surface area contributed by atoms with Crippen LogP contribution >= 0.6 is 0 Å². The normalized spacial score (nSPS) is 32.1. The Kier molecular flexibility index (Phi) is 3.82. The summed E-state index contributed by atoms with van der Waals surface area (Å²) in [5, 5.41) is 6.35. The molecule has 16 heavy (non-hydrogen) atoms. The summed E-state index contributed by atoms with van der Waals surface area (Å²) in [6.45, 7) is 5.03. The molecule has 3 atom stereocenters. The number of piperidine rings is 1. The largest absolute Gasteiger partial charge is 0.364 e. The highest BCUT2D eigenvalue weighted by atomic mass is 16.5. The van der Waals surface area contributed by atoms with Crippen molar-refractivity contribution in [2.45, 2.75) is 63.8 Å². The molecule has 92 valence electrons. The Bertz CT molecular complexity index is 253. The van der Waals surface area contributed by atoms with Gasteiger partial charge in [-0.15, -0.1) is 0 Å². The van der Waals surface area contributed by atoms with Crippen molar-refractivity contribution in [3.8, 4) is 0 Å². The molecule has 1 aliphatic heterocycles. The maximum absolute atomic E-state index is 11.7. The molecule has 2 aliphatic rings. The second-order valence-corrected chi connectivity index (χ2v) is 4.98. The van der Waals surface area contributed by atoms with Gasteiger partial charge in [0.25, 0.3) is 0 Å². The van der Waals surface area contributed by atoms with E-state index in [1.807, 2.05) is 6.92 Å². The second-order valence-electron chi connectivity index (χ2n) is 4.98. The zero-order chi connectivity index (χ0) is 11.5. The molecule has 0 aromatic carbocycles. The number of hydrogen-bond donors (Lipinski definition) is 2. The van der Waals surface area contributed by atoms with Crippen molar-refractivity contribution in [1.29, 1.82) is 0 Å². The fraction of sp³-hybridized carbons (Fsp3) is 0.917. The van der Waals surface area contributed by atoms with Gasteiger partial charge in [-0.05, 0) is 46.1 Å². The molecule has 2 fully saturated rings. The van der Waals surface area contributed by atoms with E-state index < -0.39 is 0 Å². The van der Waals surface area contributed by atoms with E-state index in [1.165, 1.54) is 0 Å². The van der Waals surface area contributed by atoms with E-state index in [0.717, 1.165) is 32.2 Å². The van der Waals surface area contributed by atoms with Crippen LogP contribution in [-0.4, -0.2) is 36.7 Å². The number of carbonyl (C=O) groups excluding carboxylic acids is 1. The lowest BCUT2D eigenvalue weighted by Crippen LogP contribution is -2.47. The van der Waals surface area contributed by atoms with Gasteiger partial charge in [0.05, 0.1) is 6.10 Å². The first-order chi connectivity index (χ1) is 7.66. The van der Waals surface area contributed by atoms with Gasteiger partial charge in [-0.1, -0.05) is 0 Å². The quantitative estimate of drug-likeness (QED) is 0.746. The third-order valence-corrected chi connectivity index (χ3v) is 3.36. The van der Waals surface area contributed by atoms with Crippen LogP contribution in [0.1, 0.15) is 39.5 Å². The average Bonchev–Trinajstić information content (AvgIpc) is 3.05. The summed E-state index contributed by atoms with van der Waals surface area (Å²) in [7, 11) is 0. The van der Waals surface area contributed by atoms with E-state index in [-0.39, 0.29) is 18.1 Å². The van der Waals surface area contributed by atoms with Crippen molar-refractivity contribution in [1.82, 2.24) is 10.6 Å². The van der Waals surface area contributed by atoms with Crippen LogP contribution in [0.25, 0.3) is 0 Å². The van der Waals surface area contributed by atoms with Crippen molar-refractivity contribution in [2.75, 3.05) is 6.54 Å². The molecule has 0 radical (unpaired) electrons. The van der Waals surface area contributed by atoms with Gasteiger partial charge >= 0.3 is 0 Å². The number of hydrogen-bond acceptors (Lipinski definition) is 3. The number of amides is 1. The second kappa shape index (κ2) is 5.15. The maximum Gasteiger partial charge on any atom is 0.249 e. The van der Waals surface area contributed by atoms with E-state index in [4.69, 9.17) is 4.74 Å². The highest BCUT2D eigenvalue weighted by molar-refractivity contribution is 5.80. The molecule has 0 aromatic rings. The molecule has 1 heterocycles. The minimum absolute atomic E-state index is 0.0419. The summed E-state index contributed by atoms with van der Waals surface area (Å²) in [5.41, 5.74) is 0. The molecular weight excluding hydrogens is 204 g/mol. The SMILES string of the molecule is CC(OC1CCCNC1C)C(=O)NC1CC1. The summed E-state index contributed by atoms with van der Waals surface area (Å²) < 4.78 is 5.82. The first-order valence-corrected chi connectivity index (χ1v) is 6.36. The van der Waals surface area contributed by atoms with E-state index in [1.54, 1.807) is 0 Å². The van der Waals surface area contributed by atoms with Gasteiger partial charge in [0, 0.05) is 12.1 Å². The lowest BCUT2D eigenvalue weighted by molar-refractivity contribution is -0.137. The smallest absolute Gasteiger partial charge is 0.249 e. The fourth-order valence-corrected chi connectivity index (χ4v) is 2.07. The topological polar surface area (TPSA) is 50.4 Å². The van der Waals surface area contributed by atoms with Crippen LogP contribution in [0.2, 0.25) is 0 Å². The summed E-state index contributed by atoms with van der Waals surface area (Å²) >= 11 is 0. The van der Waals surface area contributed by atoms with Gasteiger partial charge in [-0.2, -0.15) is 0 Å². The third kappa shape index (κ3) is 3.19. The molecular formula is C12H22N2O2. The number of rotatable bonds is 4. The van der Waals surface area contributed by atoms with E-state index in [2.05, 4.69) is 17.6 Å². The molecule has 4 nitrogen and oxygen atoms in total. The van der Waals surface area contributed by atoms with Crippen LogP contribution < -0.4 is 10.6 Å². The Morgan fingerprint density at radius 2 is 2.19 bits per heavy atom. The van der Waals surface area contributed by atoms with Crippen molar-refractivity contribution in [3.05, 3.63) is 0 Å². The molecule has 1 saturated heterocycles. The lowest BCUT2D eigenvalue weighted by atomic mass is 10.0. The van der Waals surface area contributed by atoms with E-state index in [0.29, 0.717) is 12.1 Å². The molecule has 4 heteroatoms. The van der Waals surface area contributed by atoms with Crippen molar-refractivity contribution >= 4 is 5.91 Å². The van der Waals surface area contributed by atoms with E-state index in [9.17, 15) is 4.79 Å². The van der Waals surface area contributed by atoms with Crippen LogP contribution in [0.3, 0.4) is 0 Å². The van der Waals surface area contributed by atoms with Gasteiger partial charge in [0.15, 0.2) is 0 Å². The highest BCUT2D eigenvalue weighted by Gasteiger charge is 2.29. The Labute approximate surface area is 97.1 Å². The maximum atomic E-state index is 11.7. The Morgan fingerprint density at radius 1 is 1.44 bits per heavy atom. The Balaban J connectivity index is 1.75. The molecule has 0 aromatic heterocycles. The zero-order valence-corrected chi connectivity index (χ0v) is 10.2. The van der Waals surface area contributed by atoms with E-state index >= 15 is 0 Å². The number of ether oxygens (including phenoxy) is 1. The van der Waals surface area contributed by atoms with Crippen molar-refractivity contribution in [3.63, 3.8) is 0 Å². The first-order valence-electron chi connectivity index (χ1n) is 6.36. The molecule has 1 saturated carbocycles. The van der Waals surface area contributed by atoms with Crippen LogP contribution in [0, 0.1) is 0 Å². The fourth-order valence-electron chi connectivity index (χ4n) is 2.07. The summed E-state index contributed by atoms with van der Waals surface area (Å²) in [6, 6.07) is 0.769. The van der Waals surface area contributed by atoms with Crippen LogP contribution in [-0.2, 0) is 9.53 Å². The van der Waals surface area contributed by atoms with Crippen LogP contribution in [0.4, 0.5) is 0 Å². The molecule has 2 rings (SSSR count). The van der Waals surface area contributed by atoms with Gasteiger partial charge in [-0.3, -0.25) is 4.79 Å². The zero-order valence-electron chi connectivity index (χ0n) is 10.2. The lowest BCUT2D eigenvalue weighted by Gasteiger charge is -2.31. The highest BCUT2D eigenvalue weighted by Crippen LogP contribution is 2.19. The van der Waals surface area contributed by atoms with Crippen molar-refractivity contribution in [2.24, 2.45) is 0 Å². The molecule has 1 amide bonds. The van der Waals surface area contributed by atoms with Gasteiger partial charge in [0.2, 0.25) is 5.91 Å². The monoisotopic (exact) mass is 226 g/mol. The minimum Gasteiger partial charge on any atom is -0.364 e. The summed E-state index contributed by atoms with van der Waals surface area (Å²) in [5.74, 6) is 0.0419. The summed E-state index contributed by atoms with van der Waals surface area (Å²) in [6.07, 6.45) is 4.28. The first kappa shape index (κ1) is 11.9. The predicted molar refractivity (Wildman–Crippen MR) is 62.2 cm³/mol. The van der Waals surface area contributed by atoms with Gasteiger partial charge in [-0.25, -0.2) is 0 Å². The number of carbonyl (C=O) groups is 1. The average molecular weight is 226 g/mol. The van der Waals surface area contributed by atoms with Gasteiger partial charge in [0.1, 0.15) is 6.10 Å². The van der Waals surface area contributed by atoms with Crippen molar-refractivity contribution < 1.29 is 9.53 Å². The minimum atomic E-state index is -0.326. The Morgan fingerprint density at radius 3 is 2.81 bits per heavy atom. The van der Waals surface area contributed by atoms with Crippen LogP contribution in [0.15, 0.2) is 0 Å². The standard InChI is InChI=1S/C12H22N2O2/c1-8-11(4-3-7-13-8)16-9(2)12(15)14-10-5-6-10/h8-11,13H,3-7H2,1-2H3,(H,14,15). The molecule has 0 bridgehead atoms. The third-order valence-electron chi connectivity index (χ3n) is 3.36. The molecule has 2 N–H and O–H groups in total. The molecule has 1 aliphatic carbocycles. The molecule has 3 unspecified atom stereocenters. The number of nitrogens with one attached hydrogen (secondary N) is 2. The molecule has 0 spiro atoms. The predicted octanol–water partition coefficient (Wildman–Crippen LogP) is 0.811. The van der Waals surface area contributed by atoms with Crippen LogP contribution in [0.5, 0.6) is 0 Å². The summed E-state index contributed by atoms with van der Waals surface area (Å²) in [4.78, 5) is 11.7.